The van der Waals surface area contributed by atoms with E-state index in [-0.39, 0.29) is 5.78 Å². The van der Waals surface area contributed by atoms with Crippen molar-refractivity contribution >= 4 is 5.78 Å². The van der Waals surface area contributed by atoms with E-state index in [0.717, 1.165) is 0 Å². The largest absolute Gasteiger partial charge is 0.293 e. The lowest BCUT2D eigenvalue weighted by molar-refractivity contribution is 0.0946. The van der Waals surface area contributed by atoms with E-state index in [1.807, 2.05) is 37.3 Å². The Bertz CT molecular complexity index is 398. The molecule has 16 heavy (non-hydrogen) atoms. The second kappa shape index (κ2) is 5.46. The molecule has 0 aliphatic carbocycles. The zero-order valence-electron chi connectivity index (χ0n) is 10.0. The van der Waals surface area contributed by atoms with Gasteiger partial charge in [0.25, 0.3) is 0 Å². The van der Waals surface area contributed by atoms with Gasteiger partial charge in [-0.05, 0) is 17.9 Å². The van der Waals surface area contributed by atoms with Crippen LogP contribution in [0.15, 0.2) is 24.3 Å². The van der Waals surface area contributed by atoms with Crippen molar-refractivity contribution in [1.29, 1.82) is 5.26 Å². The minimum atomic E-state index is -0.509. The standard InChI is InChI=1S/C14H17NO/c1-4-11(9-15)14(16)13-7-5-12(6-8-13)10(2)3/h5-8,10-11H,4H2,1-3H3. The van der Waals surface area contributed by atoms with Gasteiger partial charge in [0.15, 0.2) is 5.78 Å². The molecule has 1 unspecified atom stereocenters. The van der Waals surface area contributed by atoms with Crippen LogP contribution in [-0.2, 0) is 0 Å². The summed E-state index contributed by atoms with van der Waals surface area (Å²) in [5, 5.41) is 8.83. The highest BCUT2D eigenvalue weighted by Crippen LogP contribution is 2.17. The molecule has 0 amide bonds. The van der Waals surface area contributed by atoms with E-state index in [1.54, 1.807) is 0 Å². The molecule has 0 N–H and O–H groups in total. The predicted octanol–water partition coefficient (Wildman–Crippen LogP) is 3.54. The first-order valence-electron chi connectivity index (χ1n) is 5.64. The fraction of sp³-hybridized carbons (Fsp3) is 0.429. The first-order valence-corrected chi connectivity index (χ1v) is 5.64. The number of Topliss-reactive ketones (excluding diaryl/α,β-unsaturated/α-hetero) is 1. The van der Waals surface area contributed by atoms with Crippen LogP contribution in [0.2, 0.25) is 0 Å². The zero-order valence-corrected chi connectivity index (χ0v) is 10.0. The first kappa shape index (κ1) is 12.4. The molecule has 1 aromatic rings. The molecule has 1 atom stereocenters. The van der Waals surface area contributed by atoms with E-state index in [9.17, 15) is 4.79 Å². The number of benzene rings is 1. The van der Waals surface area contributed by atoms with E-state index in [2.05, 4.69) is 13.8 Å². The normalized spacial score (nSPS) is 12.2. The van der Waals surface area contributed by atoms with E-state index in [1.165, 1.54) is 5.56 Å². The number of nitriles is 1. The van der Waals surface area contributed by atoms with Crippen LogP contribution < -0.4 is 0 Å². The van der Waals surface area contributed by atoms with E-state index < -0.39 is 5.92 Å². The number of carbonyl (C=O) groups is 1. The SMILES string of the molecule is CCC(C#N)C(=O)c1ccc(C(C)C)cc1. The van der Waals surface area contributed by atoms with E-state index in [4.69, 9.17) is 5.26 Å². The van der Waals surface area contributed by atoms with Crippen LogP contribution in [0.1, 0.15) is 49.0 Å². The Kier molecular flexibility index (Phi) is 4.25. The van der Waals surface area contributed by atoms with Gasteiger partial charge in [0, 0.05) is 5.56 Å². The highest BCUT2D eigenvalue weighted by Gasteiger charge is 2.17. The predicted molar refractivity (Wildman–Crippen MR) is 64.3 cm³/mol. The summed E-state index contributed by atoms with van der Waals surface area (Å²) in [5.74, 6) is -0.118. The Morgan fingerprint density at radius 1 is 1.31 bits per heavy atom. The lowest BCUT2D eigenvalue weighted by atomic mass is 9.94. The molecule has 0 heterocycles. The van der Waals surface area contributed by atoms with E-state index in [0.29, 0.717) is 17.9 Å². The molecule has 0 fully saturated rings. The summed E-state index contributed by atoms with van der Waals surface area (Å²) in [6.45, 7) is 6.08. The van der Waals surface area contributed by atoms with Gasteiger partial charge in [-0.3, -0.25) is 4.79 Å². The smallest absolute Gasteiger partial charge is 0.179 e. The molecule has 1 aromatic carbocycles. The Balaban J connectivity index is 2.90. The summed E-state index contributed by atoms with van der Waals surface area (Å²) in [7, 11) is 0. The molecule has 0 spiro atoms. The minimum absolute atomic E-state index is 0.0692. The highest BCUT2D eigenvalue weighted by molar-refractivity contribution is 5.99. The van der Waals surface area contributed by atoms with Crippen molar-refractivity contribution in [2.24, 2.45) is 5.92 Å². The molecule has 84 valence electrons. The van der Waals surface area contributed by atoms with Crippen LogP contribution in [0, 0.1) is 17.2 Å². The molecule has 0 aliphatic rings. The minimum Gasteiger partial charge on any atom is -0.293 e. The maximum atomic E-state index is 11.9. The molecule has 0 radical (unpaired) electrons. The Labute approximate surface area is 96.9 Å². The van der Waals surface area contributed by atoms with Gasteiger partial charge in [-0.15, -0.1) is 0 Å². The molecule has 1 rings (SSSR count). The van der Waals surface area contributed by atoms with E-state index >= 15 is 0 Å². The van der Waals surface area contributed by atoms with Crippen LogP contribution in [0.4, 0.5) is 0 Å². The van der Waals surface area contributed by atoms with Crippen LogP contribution in [0.25, 0.3) is 0 Å². The molecular weight excluding hydrogens is 198 g/mol. The second-order valence-electron chi connectivity index (χ2n) is 4.23. The third-order valence-electron chi connectivity index (χ3n) is 2.74. The van der Waals surface area contributed by atoms with Crippen molar-refractivity contribution in [3.63, 3.8) is 0 Å². The summed E-state index contributed by atoms with van der Waals surface area (Å²) in [6, 6.07) is 9.59. The number of hydrogen-bond donors (Lipinski definition) is 0. The molecule has 0 bridgehead atoms. The molecule has 2 nitrogen and oxygen atoms in total. The lowest BCUT2D eigenvalue weighted by Gasteiger charge is -2.08. The fourth-order valence-electron chi connectivity index (χ4n) is 1.57. The van der Waals surface area contributed by atoms with Gasteiger partial charge < -0.3 is 0 Å². The van der Waals surface area contributed by atoms with Gasteiger partial charge >= 0.3 is 0 Å². The number of hydrogen-bond acceptors (Lipinski definition) is 2. The molecule has 0 saturated heterocycles. The maximum Gasteiger partial charge on any atom is 0.179 e. The average molecular weight is 215 g/mol. The number of nitrogens with zero attached hydrogens (tertiary/aromatic N) is 1. The van der Waals surface area contributed by atoms with Crippen molar-refractivity contribution in [1.82, 2.24) is 0 Å². The number of rotatable bonds is 4. The summed E-state index contributed by atoms with van der Waals surface area (Å²) in [5.41, 5.74) is 1.85. The van der Waals surface area contributed by atoms with Gasteiger partial charge in [0.2, 0.25) is 0 Å². The summed E-state index contributed by atoms with van der Waals surface area (Å²) in [6.07, 6.45) is 0.571. The van der Waals surface area contributed by atoms with Gasteiger partial charge in [0.05, 0.1) is 6.07 Å². The molecule has 0 saturated carbocycles. The Hall–Kier alpha value is -1.62. The Morgan fingerprint density at radius 2 is 1.88 bits per heavy atom. The Morgan fingerprint density at radius 3 is 2.25 bits per heavy atom. The fourth-order valence-corrected chi connectivity index (χ4v) is 1.57. The molecule has 0 aliphatic heterocycles. The third kappa shape index (κ3) is 2.70. The molecule has 0 aromatic heterocycles. The van der Waals surface area contributed by atoms with Crippen LogP contribution in [0.5, 0.6) is 0 Å². The average Bonchev–Trinajstić information content (AvgIpc) is 2.30. The van der Waals surface area contributed by atoms with Gasteiger partial charge in [-0.2, -0.15) is 5.26 Å². The lowest BCUT2D eigenvalue weighted by Crippen LogP contribution is -2.11. The topological polar surface area (TPSA) is 40.9 Å². The summed E-state index contributed by atoms with van der Waals surface area (Å²) < 4.78 is 0. The monoisotopic (exact) mass is 215 g/mol. The van der Waals surface area contributed by atoms with Crippen molar-refractivity contribution in [3.8, 4) is 6.07 Å². The molecule has 2 heteroatoms. The van der Waals surface area contributed by atoms with Gasteiger partial charge in [-0.1, -0.05) is 45.0 Å². The quantitative estimate of drug-likeness (QED) is 0.721. The van der Waals surface area contributed by atoms with Crippen molar-refractivity contribution < 1.29 is 4.79 Å². The second-order valence-corrected chi connectivity index (χ2v) is 4.23. The van der Waals surface area contributed by atoms with Crippen LogP contribution in [0.3, 0.4) is 0 Å². The van der Waals surface area contributed by atoms with Gasteiger partial charge in [-0.25, -0.2) is 0 Å². The van der Waals surface area contributed by atoms with Gasteiger partial charge in [0.1, 0.15) is 5.92 Å². The van der Waals surface area contributed by atoms with Crippen LogP contribution >= 0.6 is 0 Å². The van der Waals surface area contributed by atoms with Crippen molar-refractivity contribution in [2.75, 3.05) is 0 Å². The first-order chi connectivity index (χ1) is 7.60. The number of ketones is 1. The van der Waals surface area contributed by atoms with Crippen LogP contribution in [-0.4, -0.2) is 5.78 Å². The molecular formula is C14H17NO. The highest BCUT2D eigenvalue weighted by atomic mass is 16.1. The van der Waals surface area contributed by atoms with Crippen molar-refractivity contribution in [2.45, 2.75) is 33.1 Å². The zero-order chi connectivity index (χ0) is 12.1. The van der Waals surface area contributed by atoms with Crippen molar-refractivity contribution in [3.05, 3.63) is 35.4 Å². The third-order valence-corrected chi connectivity index (χ3v) is 2.74. The summed E-state index contributed by atoms with van der Waals surface area (Å²) in [4.78, 5) is 11.9. The maximum absolute atomic E-state index is 11.9. The number of carbonyl (C=O) groups excluding carboxylic acids is 1. The summed E-state index contributed by atoms with van der Waals surface area (Å²) >= 11 is 0.